The topological polar surface area (TPSA) is 58.2 Å². The first-order chi connectivity index (χ1) is 12.3. The molecule has 2 amide bonds. The van der Waals surface area contributed by atoms with Crippen LogP contribution >= 0.6 is 38.9 Å². The molecule has 0 unspecified atom stereocenters. The molecular weight excluding hydrogens is 443 g/mol. The number of rotatable bonds is 4. The van der Waals surface area contributed by atoms with Crippen molar-refractivity contribution in [3.63, 3.8) is 0 Å². The molecule has 0 saturated carbocycles. The van der Waals surface area contributed by atoms with Crippen LogP contribution in [-0.2, 0) is 4.79 Å². The number of carbonyl (C=O) groups excluding carboxylic acids is 2. The summed E-state index contributed by atoms with van der Waals surface area (Å²) in [5.41, 5.74) is 1.57. The molecule has 1 aromatic heterocycles. The van der Waals surface area contributed by atoms with Crippen LogP contribution in [0.25, 0.3) is 10.1 Å². The predicted octanol–water partition coefficient (Wildman–Crippen LogP) is 5.13. The first-order valence-corrected chi connectivity index (χ1v) is 9.55. The van der Waals surface area contributed by atoms with Crippen LogP contribution in [0.15, 0.2) is 40.9 Å². The van der Waals surface area contributed by atoms with Crippen molar-refractivity contribution in [1.29, 1.82) is 0 Å². The number of benzene rings is 2. The van der Waals surface area contributed by atoms with Gasteiger partial charge in [0.2, 0.25) is 5.91 Å². The van der Waals surface area contributed by atoms with Crippen LogP contribution in [0, 0.1) is 12.7 Å². The third-order valence-corrected chi connectivity index (χ3v) is 5.82. The maximum atomic E-state index is 13.3. The average Bonchev–Trinajstić information content (AvgIpc) is 2.91. The van der Waals surface area contributed by atoms with E-state index in [-0.39, 0.29) is 22.4 Å². The van der Waals surface area contributed by atoms with Crippen LogP contribution in [-0.4, -0.2) is 18.4 Å². The van der Waals surface area contributed by atoms with Gasteiger partial charge in [0.25, 0.3) is 5.91 Å². The number of halogens is 3. The van der Waals surface area contributed by atoms with Gasteiger partial charge in [-0.2, -0.15) is 0 Å². The van der Waals surface area contributed by atoms with Crippen LogP contribution in [0.2, 0.25) is 5.02 Å². The van der Waals surface area contributed by atoms with E-state index in [9.17, 15) is 14.0 Å². The van der Waals surface area contributed by atoms with Crippen molar-refractivity contribution in [3.05, 3.63) is 62.2 Å². The maximum Gasteiger partial charge on any atom is 0.263 e. The van der Waals surface area contributed by atoms with Gasteiger partial charge in [-0.1, -0.05) is 27.5 Å². The minimum atomic E-state index is -0.473. The van der Waals surface area contributed by atoms with Gasteiger partial charge in [-0.15, -0.1) is 11.3 Å². The van der Waals surface area contributed by atoms with Crippen molar-refractivity contribution in [2.45, 2.75) is 6.92 Å². The van der Waals surface area contributed by atoms with Crippen molar-refractivity contribution < 1.29 is 14.0 Å². The Labute approximate surface area is 166 Å². The summed E-state index contributed by atoms with van der Waals surface area (Å²) in [6.07, 6.45) is 0. The normalized spacial score (nSPS) is 10.8. The first kappa shape index (κ1) is 18.8. The monoisotopic (exact) mass is 454 g/mol. The Morgan fingerprint density at radius 2 is 2.00 bits per heavy atom. The summed E-state index contributed by atoms with van der Waals surface area (Å²) < 4.78 is 14.8. The van der Waals surface area contributed by atoms with Crippen LogP contribution < -0.4 is 10.6 Å². The fourth-order valence-electron chi connectivity index (χ4n) is 2.39. The smallest absolute Gasteiger partial charge is 0.263 e. The molecule has 0 saturated heterocycles. The van der Waals surface area contributed by atoms with Crippen LogP contribution in [0.3, 0.4) is 0 Å². The Hall–Kier alpha value is -1.96. The molecule has 0 fully saturated rings. The highest BCUT2D eigenvalue weighted by Gasteiger charge is 2.18. The molecule has 26 heavy (non-hydrogen) atoms. The Bertz CT molecular complexity index is 1020. The molecule has 0 aliphatic carbocycles. The second-order valence-corrected chi connectivity index (χ2v) is 7.92. The summed E-state index contributed by atoms with van der Waals surface area (Å²) in [6.45, 7) is 1.67. The van der Waals surface area contributed by atoms with Gasteiger partial charge >= 0.3 is 0 Å². The number of anilines is 1. The second kappa shape index (κ2) is 7.73. The van der Waals surface area contributed by atoms with Crippen molar-refractivity contribution in [3.8, 4) is 0 Å². The zero-order chi connectivity index (χ0) is 18.8. The lowest BCUT2D eigenvalue weighted by atomic mass is 10.2. The van der Waals surface area contributed by atoms with Gasteiger partial charge in [0, 0.05) is 20.2 Å². The Balaban J connectivity index is 1.67. The molecule has 2 aromatic carbocycles. The SMILES string of the molecule is Cc1cc(Br)ccc1NC(=O)CNC(=O)c1sc2cc(F)ccc2c1Cl. The molecule has 0 bridgehead atoms. The van der Waals surface area contributed by atoms with E-state index in [0.29, 0.717) is 15.8 Å². The van der Waals surface area contributed by atoms with E-state index in [0.717, 1.165) is 21.4 Å². The van der Waals surface area contributed by atoms with Gasteiger partial charge in [0.05, 0.1) is 11.6 Å². The largest absolute Gasteiger partial charge is 0.342 e. The number of amides is 2. The minimum Gasteiger partial charge on any atom is -0.342 e. The standard InChI is InChI=1S/C18H13BrClFN2O2S/c1-9-6-10(19)2-5-13(9)23-15(24)8-22-18(25)17-16(20)12-4-3-11(21)7-14(12)26-17/h2-7H,8H2,1H3,(H,22,25)(H,23,24). The molecule has 4 nitrogen and oxygen atoms in total. The Morgan fingerprint density at radius 3 is 2.73 bits per heavy atom. The number of hydrogen-bond acceptors (Lipinski definition) is 3. The van der Waals surface area contributed by atoms with E-state index < -0.39 is 11.7 Å². The summed E-state index contributed by atoms with van der Waals surface area (Å²) >= 11 is 10.7. The average molecular weight is 456 g/mol. The Kier molecular flexibility index (Phi) is 5.60. The third kappa shape index (κ3) is 4.06. The van der Waals surface area contributed by atoms with E-state index in [1.807, 2.05) is 19.1 Å². The molecule has 8 heteroatoms. The van der Waals surface area contributed by atoms with E-state index in [1.54, 1.807) is 6.07 Å². The Morgan fingerprint density at radius 1 is 1.23 bits per heavy atom. The molecule has 2 N–H and O–H groups in total. The number of thiophene rings is 1. The zero-order valence-corrected chi connectivity index (χ0v) is 16.7. The lowest BCUT2D eigenvalue weighted by Gasteiger charge is -2.09. The molecule has 0 radical (unpaired) electrons. The van der Waals surface area contributed by atoms with Crippen LogP contribution in [0.5, 0.6) is 0 Å². The molecule has 0 aliphatic rings. The zero-order valence-electron chi connectivity index (χ0n) is 13.5. The molecule has 0 spiro atoms. The summed E-state index contributed by atoms with van der Waals surface area (Å²) in [7, 11) is 0. The summed E-state index contributed by atoms with van der Waals surface area (Å²) in [4.78, 5) is 24.6. The van der Waals surface area contributed by atoms with Gasteiger partial charge in [0.15, 0.2) is 0 Å². The third-order valence-electron chi connectivity index (χ3n) is 3.67. The van der Waals surface area contributed by atoms with Crippen molar-refractivity contribution in [2.75, 3.05) is 11.9 Å². The fourth-order valence-corrected chi connectivity index (χ4v) is 4.32. The van der Waals surface area contributed by atoms with E-state index >= 15 is 0 Å². The van der Waals surface area contributed by atoms with E-state index in [2.05, 4.69) is 26.6 Å². The second-order valence-electron chi connectivity index (χ2n) is 5.58. The van der Waals surface area contributed by atoms with Crippen molar-refractivity contribution in [2.24, 2.45) is 0 Å². The highest BCUT2D eigenvalue weighted by Crippen LogP contribution is 2.35. The predicted molar refractivity (Wildman–Crippen MR) is 107 cm³/mol. The van der Waals surface area contributed by atoms with E-state index in [4.69, 9.17) is 11.6 Å². The van der Waals surface area contributed by atoms with Crippen molar-refractivity contribution >= 4 is 66.5 Å². The molecule has 0 aliphatic heterocycles. The molecule has 134 valence electrons. The molecule has 0 atom stereocenters. The number of nitrogens with one attached hydrogen (secondary N) is 2. The van der Waals surface area contributed by atoms with Gasteiger partial charge in [-0.05, 0) is 48.9 Å². The van der Waals surface area contributed by atoms with E-state index in [1.165, 1.54) is 18.2 Å². The van der Waals surface area contributed by atoms with Crippen LogP contribution in [0.1, 0.15) is 15.2 Å². The molecule has 3 aromatic rings. The first-order valence-electron chi connectivity index (χ1n) is 7.57. The van der Waals surface area contributed by atoms with Gasteiger partial charge in [-0.3, -0.25) is 9.59 Å². The number of carbonyl (C=O) groups is 2. The summed E-state index contributed by atoms with van der Waals surface area (Å²) in [6, 6.07) is 9.61. The lowest BCUT2D eigenvalue weighted by molar-refractivity contribution is -0.115. The highest BCUT2D eigenvalue weighted by atomic mass is 79.9. The fraction of sp³-hybridized carbons (Fsp3) is 0.111. The van der Waals surface area contributed by atoms with Crippen LogP contribution in [0.4, 0.5) is 10.1 Å². The molecule has 3 rings (SSSR count). The van der Waals surface area contributed by atoms with Crippen molar-refractivity contribution in [1.82, 2.24) is 5.32 Å². The van der Waals surface area contributed by atoms with Gasteiger partial charge in [0.1, 0.15) is 10.7 Å². The minimum absolute atomic E-state index is 0.201. The summed E-state index contributed by atoms with van der Waals surface area (Å²) in [5.74, 6) is -1.22. The molecule has 1 heterocycles. The molecular formula is C18H13BrClFN2O2S. The van der Waals surface area contributed by atoms with Gasteiger partial charge < -0.3 is 10.6 Å². The maximum absolute atomic E-state index is 13.3. The highest BCUT2D eigenvalue weighted by molar-refractivity contribution is 9.10. The quantitative estimate of drug-likeness (QED) is 0.573. The lowest BCUT2D eigenvalue weighted by Crippen LogP contribution is -2.32. The number of fused-ring (bicyclic) bond motifs is 1. The number of hydrogen-bond donors (Lipinski definition) is 2. The van der Waals surface area contributed by atoms with Gasteiger partial charge in [-0.25, -0.2) is 4.39 Å². The number of aryl methyl sites for hydroxylation is 1. The summed E-state index contributed by atoms with van der Waals surface area (Å²) in [5, 5.41) is 6.14.